The van der Waals surface area contributed by atoms with Gasteiger partial charge in [0.1, 0.15) is 0 Å². The van der Waals surface area contributed by atoms with Crippen molar-refractivity contribution < 1.29 is 9.26 Å². The first kappa shape index (κ1) is 16.2. The summed E-state index contributed by atoms with van der Waals surface area (Å²) in [6.07, 6.45) is 0.535. The zero-order chi connectivity index (χ0) is 15.6. The molecular formula is C15H28N4O2. The highest BCUT2D eigenvalue weighted by molar-refractivity contribution is 5.20. The lowest BCUT2D eigenvalue weighted by Gasteiger charge is -2.45. The van der Waals surface area contributed by atoms with Gasteiger partial charge in [0.25, 0.3) is 0 Å². The lowest BCUT2D eigenvalue weighted by Crippen LogP contribution is -2.57. The highest BCUT2D eigenvalue weighted by Crippen LogP contribution is 2.22. The van der Waals surface area contributed by atoms with E-state index in [-0.39, 0.29) is 23.7 Å². The van der Waals surface area contributed by atoms with Crippen molar-refractivity contribution in [2.45, 2.75) is 65.2 Å². The van der Waals surface area contributed by atoms with E-state index in [4.69, 9.17) is 9.26 Å². The summed E-state index contributed by atoms with van der Waals surface area (Å²) >= 11 is 0. The molecule has 1 aliphatic rings. The monoisotopic (exact) mass is 296 g/mol. The van der Waals surface area contributed by atoms with Gasteiger partial charge >= 0.3 is 6.01 Å². The van der Waals surface area contributed by atoms with Crippen LogP contribution in [0.15, 0.2) is 4.52 Å². The Morgan fingerprint density at radius 3 is 2.43 bits per heavy atom. The topological polar surface area (TPSA) is 63.4 Å². The maximum absolute atomic E-state index is 5.80. The molecular weight excluding hydrogens is 268 g/mol. The molecule has 1 aromatic heterocycles. The Balaban J connectivity index is 1.93. The fourth-order valence-electron chi connectivity index (χ4n) is 2.62. The minimum Gasteiger partial charge on any atom is -0.373 e. The van der Waals surface area contributed by atoms with E-state index in [1.165, 1.54) is 0 Å². The normalized spacial score (nSPS) is 24.5. The molecule has 0 bridgehead atoms. The van der Waals surface area contributed by atoms with Crippen LogP contribution in [-0.4, -0.2) is 52.4 Å². The van der Waals surface area contributed by atoms with Gasteiger partial charge in [0.05, 0.1) is 12.2 Å². The molecule has 0 radical (unpaired) electrons. The summed E-state index contributed by atoms with van der Waals surface area (Å²) in [6.45, 7) is 15.4. The molecule has 1 N–H and O–H groups in total. The van der Waals surface area contributed by atoms with Crippen molar-refractivity contribution in [2.75, 3.05) is 25.0 Å². The fourth-order valence-corrected chi connectivity index (χ4v) is 2.62. The van der Waals surface area contributed by atoms with Crippen LogP contribution in [0.1, 0.15) is 53.3 Å². The molecule has 0 saturated carbocycles. The summed E-state index contributed by atoms with van der Waals surface area (Å²) in [5.41, 5.74) is -0.00123. The quantitative estimate of drug-likeness (QED) is 0.900. The van der Waals surface area contributed by atoms with Crippen LogP contribution in [0, 0.1) is 0 Å². The molecule has 6 heteroatoms. The Morgan fingerprint density at radius 1 is 1.29 bits per heavy atom. The van der Waals surface area contributed by atoms with E-state index in [0.717, 1.165) is 25.5 Å². The fraction of sp³-hybridized carbons (Fsp3) is 0.867. The van der Waals surface area contributed by atoms with Crippen molar-refractivity contribution in [3.05, 3.63) is 5.82 Å². The van der Waals surface area contributed by atoms with E-state index in [9.17, 15) is 0 Å². The van der Waals surface area contributed by atoms with Crippen molar-refractivity contribution in [3.63, 3.8) is 0 Å². The Kier molecular flexibility index (Phi) is 4.88. The first-order valence-electron chi connectivity index (χ1n) is 7.76. The number of nitrogens with one attached hydrogen (secondary N) is 1. The average Bonchev–Trinajstić information content (AvgIpc) is 2.84. The molecule has 1 aromatic rings. The second kappa shape index (κ2) is 6.32. The van der Waals surface area contributed by atoms with E-state index in [1.54, 1.807) is 0 Å². The largest absolute Gasteiger partial charge is 0.373 e. The molecule has 2 unspecified atom stereocenters. The van der Waals surface area contributed by atoms with Gasteiger partial charge in [-0.05, 0) is 27.7 Å². The third-order valence-corrected chi connectivity index (χ3v) is 3.91. The molecule has 120 valence electrons. The molecule has 0 aromatic carbocycles. The molecule has 0 aliphatic carbocycles. The van der Waals surface area contributed by atoms with Gasteiger partial charge in [0.15, 0.2) is 5.82 Å². The number of ether oxygens (including phenoxy) is 1. The standard InChI is InChI=1S/C15H28N4O2/c1-10(2)13-17-14(21-18-13)16-9-15(5,6)19-7-11(3)20-12(4)8-19/h10-12H,7-9H2,1-6H3,(H,16,17,18). The number of hydrogen-bond donors (Lipinski definition) is 1. The van der Waals surface area contributed by atoms with Crippen LogP contribution >= 0.6 is 0 Å². The molecule has 2 rings (SSSR count). The summed E-state index contributed by atoms with van der Waals surface area (Å²) in [7, 11) is 0. The van der Waals surface area contributed by atoms with E-state index in [2.05, 4.69) is 61.9 Å². The van der Waals surface area contributed by atoms with Gasteiger partial charge in [-0.1, -0.05) is 19.0 Å². The zero-order valence-corrected chi connectivity index (χ0v) is 14.0. The summed E-state index contributed by atoms with van der Waals surface area (Å²) in [5.74, 6) is 1.02. The minimum atomic E-state index is -0.00123. The minimum absolute atomic E-state index is 0.00123. The van der Waals surface area contributed by atoms with Gasteiger partial charge in [0, 0.05) is 31.1 Å². The van der Waals surface area contributed by atoms with Gasteiger partial charge < -0.3 is 14.6 Å². The van der Waals surface area contributed by atoms with Gasteiger partial charge in [-0.15, -0.1) is 0 Å². The zero-order valence-electron chi connectivity index (χ0n) is 14.0. The van der Waals surface area contributed by atoms with Gasteiger partial charge in [-0.3, -0.25) is 4.90 Å². The Hall–Kier alpha value is -1.14. The van der Waals surface area contributed by atoms with Crippen molar-refractivity contribution in [3.8, 4) is 0 Å². The molecule has 2 heterocycles. The molecule has 1 aliphatic heterocycles. The first-order valence-corrected chi connectivity index (χ1v) is 7.76. The maximum atomic E-state index is 5.80. The molecule has 2 atom stereocenters. The Bertz CT molecular complexity index is 448. The number of hydrogen-bond acceptors (Lipinski definition) is 6. The molecule has 1 fully saturated rings. The number of aromatic nitrogens is 2. The van der Waals surface area contributed by atoms with Crippen LogP contribution in [0.5, 0.6) is 0 Å². The SMILES string of the molecule is CC1CN(C(C)(C)CNc2nc(C(C)C)no2)CC(C)O1. The van der Waals surface area contributed by atoms with Crippen molar-refractivity contribution in [1.29, 1.82) is 0 Å². The Labute approximate surface area is 127 Å². The predicted octanol–water partition coefficient (Wildman–Crippen LogP) is 2.49. The van der Waals surface area contributed by atoms with Gasteiger partial charge in [-0.25, -0.2) is 0 Å². The van der Waals surface area contributed by atoms with Crippen LogP contribution in [0.4, 0.5) is 6.01 Å². The van der Waals surface area contributed by atoms with Crippen LogP contribution in [0.2, 0.25) is 0 Å². The third-order valence-electron chi connectivity index (χ3n) is 3.91. The molecule has 6 nitrogen and oxygen atoms in total. The average molecular weight is 296 g/mol. The lowest BCUT2D eigenvalue weighted by molar-refractivity contribution is -0.0933. The van der Waals surface area contributed by atoms with Crippen molar-refractivity contribution in [1.82, 2.24) is 15.0 Å². The van der Waals surface area contributed by atoms with Crippen LogP contribution in [-0.2, 0) is 4.74 Å². The van der Waals surface area contributed by atoms with E-state index in [0.29, 0.717) is 6.01 Å². The van der Waals surface area contributed by atoms with Gasteiger partial charge in [-0.2, -0.15) is 4.98 Å². The van der Waals surface area contributed by atoms with Crippen LogP contribution in [0.25, 0.3) is 0 Å². The van der Waals surface area contributed by atoms with E-state index in [1.807, 2.05) is 0 Å². The predicted molar refractivity (Wildman–Crippen MR) is 82.5 cm³/mol. The highest BCUT2D eigenvalue weighted by Gasteiger charge is 2.33. The van der Waals surface area contributed by atoms with Crippen LogP contribution < -0.4 is 5.32 Å². The smallest absolute Gasteiger partial charge is 0.321 e. The molecule has 0 spiro atoms. The van der Waals surface area contributed by atoms with Crippen molar-refractivity contribution in [2.24, 2.45) is 0 Å². The third kappa shape index (κ3) is 4.17. The number of nitrogens with zero attached hydrogens (tertiary/aromatic N) is 3. The Morgan fingerprint density at radius 2 is 1.90 bits per heavy atom. The number of anilines is 1. The second-order valence-corrected chi connectivity index (χ2v) is 6.94. The summed E-state index contributed by atoms with van der Waals surface area (Å²) in [6, 6.07) is 0.501. The highest BCUT2D eigenvalue weighted by atomic mass is 16.5. The summed E-state index contributed by atoms with van der Waals surface area (Å²) < 4.78 is 11.0. The van der Waals surface area contributed by atoms with Crippen LogP contribution in [0.3, 0.4) is 0 Å². The number of rotatable bonds is 5. The molecule has 21 heavy (non-hydrogen) atoms. The second-order valence-electron chi connectivity index (χ2n) is 6.94. The summed E-state index contributed by atoms with van der Waals surface area (Å²) in [4.78, 5) is 6.81. The van der Waals surface area contributed by atoms with Crippen molar-refractivity contribution >= 4 is 6.01 Å². The number of morpholine rings is 1. The molecule has 0 amide bonds. The molecule has 1 saturated heterocycles. The lowest BCUT2D eigenvalue weighted by atomic mass is 10.0. The van der Waals surface area contributed by atoms with E-state index < -0.39 is 0 Å². The maximum Gasteiger partial charge on any atom is 0.321 e. The van der Waals surface area contributed by atoms with Gasteiger partial charge in [0.2, 0.25) is 0 Å². The van der Waals surface area contributed by atoms with E-state index >= 15 is 0 Å². The first-order chi connectivity index (χ1) is 9.78. The summed E-state index contributed by atoms with van der Waals surface area (Å²) in [5, 5.41) is 7.24.